The summed E-state index contributed by atoms with van der Waals surface area (Å²) in [5.41, 5.74) is 0.777. The van der Waals surface area contributed by atoms with Gasteiger partial charge in [-0.2, -0.15) is 5.26 Å². The van der Waals surface area contributed by atoms with E-state index in [1.165, 1.54) is 6.08 Å². The van der Waals surface area contributed by atoms with Crippen LogP contribution in [0.2, 0.25) is 10.0 Å². The molecule has 1 saturated heterocycles. The molecule has 0 unspecified atom stereocenters. The molecule has 1 fully saturated rings. The molecular formula is C35H29Cl2N2O2P. The number of benzene rings is 4. The van der Waals surface area contributed by atoms with Gasteiger partial charge in [-0.15, -0.1) is 0 Å². The third-order valence-electron chi connectivity index (χ3n) is 7.64. The van der Waals surface area contributed by atoms with Gasteiger partial charge in [0.2, 0.25) is 5.91 Å². The third kappa shape index (κ3) is 6.01. The highest BCUT2D eigenvalue weighted by Gasteiger charge is 2.37. The zero-order chi connectivity index (χ0) is 29.5. The second kappa shape index (κ2) is 13.4. The molecule has 4 nitrogen and oxygen atoms in total. The highest BCUT2D eigenvalue weighted by molar-refractivity contribution is 7.96. The first-order valence-corrected chi connectivity index (χ1v) is 16.3. The van der Waals surface area contributed by atoms with Crippen molar-refractivity contribution in [3.05, 3.63) is 131 Å². The van der Waals surface area contributed by atoms with Gasteiger partial charge in [0.25, 0.3) is 0 Å². The number of carbonyl (C=O) groups excluding carboxylic acids is 2. The number of ketones is 1. The number of likely N-dealkylation sites (tertiary alicyclic amines) is 1. The summed E-state index contributed by atoms with van der Waals surface area (Å²) < 4.78 is 0. The van der Waals surface area contributed by atoms with Crippen LogP contribution in [0, 0.1) is 17.2 Å². The van der Waals surface area contributed by atoms with Crippen LogP contribution >= 0.6 is 30.1 Å². The highest BCUT2D eigenvalue weighted by atomic mass is 35.5. The lowest BCUT2D eigenvalue weighted by atomic mass is 9.91. The molecule has 210 valence electrons. The standard InChI is InChI=1S/C35H29Cl2N2O2P/c36-31-18-16-26(24-32(31)37)17-19-34(40)39-22-20-27(21-23-39)35(41)33(25-38)42(28-10-4-1-5-11-28,29-12-6-2-7-13-29)30-14-8-3-9-15-30/h1-19,24,27H,20-23H2/b19-17+. The van der Waals surface area contributed by atoms with Crippen LogP contribution in [-0.4, -0.2) is 35.0 Å². The molecule has 0 aromatic heterocycles. The lowest BCUT2D eigenvalue weighted by Crippen LogP contribution is -2.42. The lowest BCUT2D eigenvalue weighted by molar-refractivity contribution is -0.129. The Hall–Kier alpha value is -3.87. The Bertz CT molecular complexity index is 1600. The molecule has 1 aliphatic heterocycles. The van der Waals surface area contributed by atoms with E-state index in [4.69, 9.17) is 23.2 Å². The first-order chi connectivity index (χ1) is 20.4. The number of rotatable bonds is 7. The molecule has 0 saturated carbocycles. The Morgan fingerprint density at radius 1 is 0.762 bits per heavy atom. The van der Waals surface area contributed by atoms with Crippen molar-refractivity contribution in [1.82, 2.24) is 4.90 Å². The Morgan fingerprint density at radius 3 is 1.71 bits per heavy atom. The van der Waals surface area contributed by atoms with E-state index in [9.17, 15) is 14.9 Å². The van der Waals surface area contributed by atoms with Crippen LogP contribution in [0.1, 0.15) is 18.4 Å². The van der Waals surface area contributed by atoms with E-state index in [1.807, 2.05) is 91.0 Å². The quantitative estimate of drug-likeness (QED) is 0.177. The minimum atomic E-state index is -2.78. The molecule has 5 rings (SSSR count). The molecule has 1 heterocycles. The van der Waals surface area contributed by atoms with Crippen molar-refractivity contribution in [2.45, 2.75) is 12.8 Å². The highest BCUT2D eigenvalue weighted by Crippen LogP contribution is 2.47. The Kier molecular flexibility index (Phi) is 9.45. The number of hydrogen-bond acceptors (Lipinski definition) is 3. The van der Waals surface area contributed by atoms with E-state index in [2.05, 4.69) is 6.07 Å². The Labute approximate surface area is 256 Å². The molecule has 7 heteroatoms. The van der Waals surface area contributed by atoms with Crippen molar-refractivity contribution < 1.29 is 9.59 Å². The summed E-state index contributed by atoms with van der Waals surface area (Å²) in [6.45, 7) is -1.90. The third-order valence-corrected chi connectivity index (χ3v) is 12.6. The van der Waals surface area contributed by atoms with Gasteiger partial charge in [0.05, 0.1) is 10.0 Å². The molecule has 1 amide bonds. The van der Waals surface area contributed by atoms with Crippen LogP contribution in [0.4, 0.5) is 0 Å². The number of hydrogen-bond donors (Lipinski definition) is 0. The topological polar surface area (TPSA) is 61.2 Å². The second-order valence-corrected chi connectivity index (χ2v) is 14.3. The maximum absolute atomic E-state index is 14.4. The predicted octanol–water partition coefficient (Wildman–Crippen LogP) is 6.50. The fraction of sp³-hybridized carbons (Fsp3) is 0.143. The van der Waals surface area contributed by atoms with Gasteiger partial charge in [-0.05, 0) is 59.4 Å². The Balaban J connectivity index is 1.48. The fourth-order valence-electron chi connectivity index (χ4n) is 5.53. The van der Waals surface area contributed by atoms with E-state index in [-0.39, 0.29) is 17.6 Å². The number of Topliss-reactive ketones (excluding diaryl/α,β-unsaturated/α-hetero) is 1. The van der Waals surface area contributed by atoms with Gasteiger partial charge in [0, 0.05) is 25.1 Å². The molecule has 0 bridgehead atoms. The maximum Gasteiger partial charge on any atom is 0.246 e. The van der Waals surface area contributed by atoms with E-state index in [1.54, 1.807) is 29.2 Å². The zero-order valence-corrected chi connectivity index (χ0v) is 25.3. The molecule has 0 radical (unpaired) electrons. The molecule has 0 aliphatic carbocycles. The normalized spacial score (nSPS) is 14.0. The second-order valence-electron chi connectivity index (χ2n) is 10.1. The molecule has 1 aliphatic rings. The molecule has 4 aromatic rings. The van der Waals surface area contributed by atoms with Gasteiger partial charge in [0.15, 0.2) is 5.78 Å². The Morgan fingerprint density at radius 2 is 1.26 bits per heavy atom. The average molecular weight is 612 g/mol. The van der Waals surface area contributed by atoms with Crippen molar-refractivity contribution >= 4 is 69.1 Å². The number of carbonyl (C=O) groups is 2. The van der Waals surface area contributed by atoms with Crippen LogP contribution in [0.25, 0.3) is 6.08 Å². The van der Waals surface area contributed by atoms with Crippen LogP contribution in [0.5, 0.6) is 0 Å². The minimum absolute atomic E-state index is 0.124. The number of halogens is 2. The van der Waals surface area contributed by atoms with E-state index < -0.39 is 6.89 Å². The molecule has 4 aromatic carbocycles. The predicted molar refractivity (Wildman–Crippen MR) is 176 cm³/mol. The van der Waals surface area contributed by atoms with Crippen LogP contribution in [0.15, 0.2) is 115 Å². The number of nitriles is 1. The van der Waals surface area contributed by atoms with Crippen molar-refractivity contribution in [1.29, 1.82) is 5.26 Å². The van der Waals surface area contributed by atoms with Crippen molar-refractivity contribution in [3.8, 4) is 6.07 Å². The van der Waals surface area contributed by atoms with Gasteiger partial charge < -0.3 is 4.90 Å². The monoisotopic (exact) mass is 610 g/mol. The van der Waals surface area contributed by atoms with Crippen molar-refractivity contribution in [3.63, 3.8) is 0 Å². The number of amides is 1. The molecule has 42 heavy (non-hydrogen) atoms. The summed E-state index contributed by atoms with van der Waals surface area (Å²) >= 11 is 12.1. The van der Waals surface area contributed by atoms with Gasteiger partial charge in [0.1, 0.15) is 11.4 Å². The lowest BCUT2D eigenvalue weighted by Gasteiger charge is -2.33. The van der Waals surface area contributed by atoms with E-state index in [0.29, 0.717) is 41.3 Å². The van der Waals surface area contributed by atoms with Gasteiger partial charge in [-0.1, -0.05) is 120 Å². The van der Waals surface area contributed by atoms with Crippen LogP contribution in [0.3, 0.4) is 0 Å². The SMILES string of the molecule is N#CC(C(=O)C1CCN(C(=O)/C=C/c2ccc(Cl)c(Cl)c2)CC1)=P(c1ccccc1)(c1ccccc1)c1ccccc1. The molecular weight excluding hydrogens is 582 g/mol. The summed E-state index contributed by atoms with van der Waals surface area (Å²) in [5.74, 6) is -0.602. The zero-order valence-electron chi connectivity index (χ0n) is 22.9. The van der Waals surface area contributed by atoms with Crippen LogP contribution in [-0.2, 0) is 9.59 Å². The summed E-state index contributed by atoms with van der Waals surface area (Å²) in [7, 11) is 0. The maximum atomic E-state index is 14.4. The van der Waals surface area contributed by atoms with Gasteiger partial charge in [-0.25, -0.2) is 0 Å². The minimum Gasteiger partial charge on any atom is -0.339 e. The molecule has 0 spiro atoms. The fourth-order valence-corrected chi connectivity index (χ4v) is 10.0. The van der Waals surface area contributed by atoms with Gasteiger partial charge >= 0.3 is 0 Å². The smallest absolute Gasteiger partial charge is 0.246 e. The van der Waals surface area contributed by atoms with E-state index in [0.717, 1.165) is 21.5 Å². The first-order valence-electron chi connectivity index (χ1n) is 13.7. The molecule has 0 atom stereocenters. The van der Waals surface area contributed by atoms with Crippen molar-refractivity contribution in [2.75, 3.05) is 13.1 Å². The largest absolute Gasteiger partial charge is 0.339 e. The van der Waals surface area contributed by atoms with Crippen molar-refractivity contribution in [2.24, 2.45) is 5.92 Å². The summed E-state index contributed by atoms with van der Waals surface area (Å²) in [6.07, 6.45) is 4.22. The number of piperidine rings is 1. The summed E-state index contributed by atoms with van der Waals surface area (Å²) in [5, 5.41) is 14.8. The molecule has 0 N–H and O–H groups in total. The summed E-state index contributed by atoms with van der Waals surface area (Å²) in [4.78, 5) is 29.1. The van der Waals surface area contributed by atoms with Gasteiger partial charge in [-0.3, -0.25) is 9.59 Å². The van der Waals surface area contributed by atoms with Crippen LogP contribution < -0.4 is 15.9 Å². The van der Waals surface area contributed by atoms with E-state index >= 15 is 0 Å². The summed E-state index contributed by atoms with van der Waals surface area (Å²) in [6, 6.07) is 37.4. The average Bonchev–Trinajstić information content (AvgIpc) is 3.05. The first kappa shape index (κ1) is 29.6. The number of nitrogens with zero attached hydrogens (tertiary/aromatic N) is 2.